The van der Waals surface area contributed by atoms with E-state index in [-0.39, 0.29) is 11.5 Å². The van der Waals surface area contributed by atoms with Crippen molar-refractivity contribution in [2.24, 2.45) is 0 Å². The highest BCUT2D eigenvalue weighted by Gasteiger charge is 2.12. The summed E-state index contributed by atoms with van der Waals surface area (Å²) < 4.78 is 0. The van der Waals surface area contributed by atoms with Crippen LogP contribution in [0.25, 0.3) is 0 Å². The summed E-state index contributed by atoms with van der Waals surface area (Å²) in [6.07, 6.45) is 1.25. The number of allylic oxidation sites excluding steroid dienone is 1. The molecule has 3 heteroatoms. The quantitative estimate of drug-likeness (QED) is 0.442. The van der Waals surface area contributed by atoms with Gasteiger partial charge >= 0.3 is 0 Å². The van der Waals surface area contributed by atoms with E-state index in [0.717, 1.165) is 5.56 Å². The number of rotatable bonds is 4. The molecule has 0 heterocycles. The Morgan fingerprint density at radius 3 is 2.71 bits per heavy atom. The summed E-state index contributed by atoms with van der Waals surface area (Å²) in [5.74, 6) is 0.191. The van der Waals surface area contributed by atoms with Crippen LogP contribution in [-0.2, 0) is 5.75 Å². The van der Waals surface area contributed by atoms with E-state index in [9.17, 15) is 4.79 Å². The molecule has 0 amide bonds. The van der Waals surface area contributed by atoms with Gasteiger partial charge in [-0.3, -0.25) is 10.2 Å². The second-order valence-corrected chi connectivity index (χ2v) is 3.08. The zero-order valence-electron chi connectivity index (χ0n) is 7.66. The van der Waals surface area contributed by atoms with Gasteiger partial charge in [0.2, 0.25) is 5.78 Å². The van der Waals surface area contributed by atoms with Crippen molar-refractivity contribution in [3.63, 3.8) is 0 Å². The molecule has 0 saturated heterocycles. The van der Waals surface area contributed by atoms with E-state index in [4.69, 9.17) is 5.41 Å². The van der Waals surface area contributed by atoms with Crippen LogP contribution in [0.2, 0.25) is 0 Å². The first-order valence-corrected chi connectivity index (χ1v) is 4.78. The minimum Gasteiger partial charge on any atom is -0.297 e. The van der Waals surface area contributed by atoms with Gasteiger partial charge in [0.1, 0.15) is 5.71 Å². The molecule has 1 rings (SSSR count). The SMILES string of the molecule is C=CC(=N)C(=O)c1ccccc1CS. The Kier molecular flexibility index (Phi) is 3.65. The average Bonchev–Trinajstić information content (AvgIpc) is 2.26. The lowest BCUT2D eigenvalue weighted by Crippen LogP contribution is -2.12. The number of benzene rings is 1. The molecule has 0 bridgehead atoms. The van der Waals surface area contributed by atoms with Gasteiger partial charge in [0.15, 0.2) is 0 Å². The van der Waals surface area contributed by atoms with Gasteiger partial charge < -0.3 is 0 Å². The predicted molar refractivity (Wildman–Crippen MR) is 61.4 cm³/mol. The average molecular weight is 205 g/mol. The topological polar surface area (TPSA) is 40.9 Å². The van der Waals surface area contributed by atoms with Gasteiger partial charge in [-0.1, -0.05) is 30.8 Å². The molecule has 0 saturated carbocycles. The lowest BCUT2D eigenvalue weighted by atomic mass is 10.0. The summed E-state index contributed by atoms with van der Waals surface area (Å²) in [6.45, 7) is 3.40. The maximum absolute atomic E-state index is 11.6. The van der Waals surface area contributed by atoms with Gasteiger partial charge in [0, 0.05) is 11.3 Å². The Hall–Kier alpha value is -1.35. The Bertz CT molecular complexity index is 385. The molecular formula is C11H11NOS. The molecule has 0 aliphatic carbocycles. The second-order valence-electron chi connectivity index (χ2n) is 2.76. The fraction of sp³-hybridized carbons (Fsp3) is 0.0909. The molecule has 14 heavy (non-hydrogen) atoms. The maximum Gasteiger partial charge on any atom is 0.210 e. The van der Waals surface area contributed by atoms with Crippen LogP contribution in [0.15, 0.2) is 36.9 Å². The van der Waals surface area contributed by atoms with Gasteiger partial charge in [-0.2, -0.15) is 12.6 Å². The zero-order valence-corrected chi connectivity index (χ0v) is 8.55. The highest BCUT2D eigenvalue weighted by Crippen LogP contribution is 2.12. The molecule has 0 aliphatic heterocycles. The number of thiol groups is 1. The van der Waals surface area contributed by atoms with Gasteiger partial charge in [-0.15, -0.1) is 0 Å². The zero-order chi connectivity index (χ0) is 10.6. The van der Waals surface area contributed by atoms with Crippen molar-refractivity contribution in [1.82, 2.24) is 0 Å². The molecule has 2 nitrogen and oxygen atoms in total. The van der Waals surface area contributed by atoms with Crippen LogP contribution < -0.4 is 0 Å². The van der Waals surface area contributed by atoms with Gasteiger partial charge in [-0.25, -0.2) is 0 Å². The van der Waals surface area contributed by atoms with Crippen molar-refractivity contribution in [2.75, 3.05) is 0 Å². The molecule has 1 N–H and O–H groups in total. The highest BCUT2D eigenvalue weighted by atomic mass is 32.1. The number of carbonyl (C=O) groups is 1. The summed E-state index contributed by atoms with van der Waals surface area (Å²) >= 11 is 4.12. The Balaban J connectivity index is 3.12. The fourth-order valence-corrected chi connectivity index (χ4v) is 1.39. The van der Waals surface area contributed by atoms with E-state index in [2.05, 4.69) is 19.2 Å². The third kappa shape index (κ3) is 2.12. The number of ketones is 1. The molecule has 1 aromatic carbocycles. The van der Waals surface area contributed by atoms with Crippen LogP contribution >= 0.6 is 12.6 Å². The Labute approximate surface area is 88.6 Å². The molecule has 0 aromatic heterocycles. The third-order valence-corrected chi connectivity index (χ3v) is 2.22. The van der Waals surface area contributed by atoms with Crippen LogP contribution in [0, 0.1) is 5.41 Å². The van der Waals surface area contributed by atoms with E-state index in [1.54, 1.807) is 12.1 Å². The standard InChI is InChI=1S/C11H11NOS/c1-2-10(12)11(13)9-6-4-3-5-8(9)7-14/h2-6,12,14H,1,7H2. The van der Waals surface area contributed by atoms with Crippen LogP contribution in [-0.4, -0.2) is 11.5 Å². The number of carbonyl (C=O) groups excluding carboxylic acids is 1. The minimum atomic E-state index is -0.301. The summed E-state index contributed by atoms with van der Waals surface area (Å²) in [6, 6.07) is 7.15. The molecule has 72 valence electrons. The molecule has 0 atom stereocenters. The van der Waals surface area contributed by atoms with Crippen LogP contribution in [0.1, 0.15) is 15.9 Å². The molecular weight excluding hydrogens is 194 g/mol. The normalized spacial score (nSPS) is 9.50. The van der Waals surface area contributed by atoms with Crippen LogP contribution in [0.3, 0.4) is 0 Å². The van der Waals surface area contributed by atoms with E-state index in [0.29, 0.717) is 11.3 Å². The molecule has 0 spiro atoms. The van der Waals surface area contributed by atoms with E-state index >= 15 is 0 Å². The van der Waals surface area contributed by atoms with Crippen molar-refractivity contribution in [1.29, 1.82) is 5.41 Å². The monoisotopic (exact) mass is 205 g/mol. The van der Waals surface area contributed by atoms with Gasteiger partial charge in [0.05, 0.1) is 0 Å². The first-order valence-electron chi connectivity index (χ1n) is 4.15. The first kappa shape index (κ1) is 10.7. The van der Waals surface area contributed by atoms with Crippen molar-refractivity contribution in [3.05, 3.63) is 48.0 Å². The summed E-state index contributed by atoms with van der Waals surface area (Å²) in [4.78, 5) is 11.6. The predicted octanol–water partition coefficient (Wildman–Crippen LogP) is 2.50. The highest BCUT2D eigenvalue weighted by molar-refractivity contribution is 7.79. The number of nitrogens with one attached hydrogen (secondary N) is 1. The number of hydrogen-bond donors (Lipinski definition) is 2. The van der Waals surface area contributed by atoms with Gasteiger partial charge in [0.25, 0.3) is 0 Å². The van der Waals surface area contributed by atoms with Crippen LogP contribution in [0.5, 0.6) is 0 Å². The summed E-state index contributed by atoms with van der Waals surface area (Å²) in [7, 11) is 0. The number of hydrogen-bond acceptors (Lipinski definition) is 3. The second kappa shape index (κ2) is 4.77. The maximum atomic E-state index is 11.6. The molecule has 0 radical (unpaired) electrons. The fourth-order valence-electron chi connectivity index (χ4n) is 1.12. The summed E-state index contributed by atoms with van der Waals surface area (Å²) in [5.41, 5.74) is 1.29. The van der Waals surface area contributed by atoms with Crippen molar-refractivity contribution < 1.29 is 4.79 Å². The molecule has 1 aromatic rings. The van der Waals surface area contributed by atoms with E-state index in [1.807, 2.05) is 12.1 Å². The van der Waals surface area contributed by atoms with Gasteiger partial charge in [-0.05, 0) is 11.6 Å². The van der Waals surface area contributed by atoms with Crippen LogP contribution in [0.4, 0.5) is 0 Å². The lowest BCUT2D eigenvalue weighted by Gasteiger charge is -2.04. The third-order valence-electron chi connectivity index (χ3n) is 1.88. The van der Waals surface area contributed by atoms with Crippen molar-refractivity contribution in [2.45, 2.75) is 5.75 Å². The largest absolute Gasteiger partial charge is 0.297 e. The lowest BCUT2D eigenvalue weighted by molar-refractivity contribution is 0.106. The Morgan fingerprint density at radius 2 is 2.14 bits per heavy atom. The van der Waals surface area contributed by atoms with Crippen molar-refractivity contribution >= 4 is 24.1 Å². The molecule has 0 fully saturated rings. The smallest absolute Gasteiger partial charge is 0.210 e. The Morgan fingerprint density at radius 1 is 1.50 bits per heavy atom. The molecule has 0 aliphatic rings. The summed E-state index contributed by atoms with van der Waals surface area (Å²) in [5, 5.41) is 7.36. The number of Topliss-reactive ketones (excluding diaryl/α,β-unsaturated/α-hetero) is 1. The van der Waals surface area contributed by atoms with E-state index in [1.165, 1.54) is 6.08 Å². The molecule has 0 unspecified atom stereocenters. The van der Waals surface area contributed by atoms with E-state index < -0.39 is 0 Å². The van der Waals surface area contributed by atoms with Crippen molar-refractivity contribution in [3.8, 4) is 0 Å². The minimum absolute atomic E-state index is 0.0840. The first-order chi connectivity index (χ1) is 6.70.